The molecule has 9 heteroatoms. The second kappa shape index (κ2) is 8.28. The first-order chi connectivity index (χ1) is 12.4. The minimum Gasteiger partial charge on any atom is -0.507 e. The van der Waals surface area contributed by atoms with Crippen molar-refractivity contribution in [2.45, 2.75) is 36.8 Å². The van der Waals surface area contributed by atoms with Gasteiger partial charge in [-0.2, -0.15) is 21.6 Å². The quantitative estimate of drug-likeness (QED) is 0.580. The first-order valence-electron chi connectivity index (χ1n) is 8.36. The standard InChI is InChI=1S/C18H23F3O4S2/c1-26(2,17-11-10-16(22)14-8-4-5-9-15(14)17)25-27(23,24)13-7-3-6-12-18(19,20)21/h4-5,8-11,22H,3,6-7,12-13H2,1-2H3. The molecule has 0 heterocycles. The Morgan fingerprint density at radius 2 is 1.59 bits per heavy atom. The van der Waals surface area contributed by atoms with Crippen LogP contribution in [0.1, 0.15) is 25.7 Å². The van der Waals surface area contributed by atoms with Crippen molar-refractivity contribution >= 4 is 31.2 Å². The van der Waals surface area contributed by atoms with Crippen LogP contribution < -0.4 is 0 Å². The Hall–Kier alpha value is -1.45. The minimum absolute atomic E-state index is 0.0945. The molecule has 0 atom stereocenters. The first-order valence-corrected chi connectivity index (χ1v) is 12.3. The van der Waals surface area contributed by atoms with Gasteiger partial charge in [0.2, 0.25) is 0 Å². The lowest BCUT2D eigenvalue weighted by Gasteiger charge is -2.31. The molecule has 0 aliphatic rings. The molecule has 27 heavy (non-hydrogen) atoms. The molecule has 2 aromatic rings. The van der Waals surface area contributed by atoms with Gasteiger partial charge in [0.1, 0.15) is 5.75 Å². The fraction of sp³-hybridized carbons (Fsp3) is 0.444. The summed E-state index contributed by atoms with van der Waals surface area (Å²) < 4.78 is 66.5. The van der Waals surface area contributed by atoms with Crippen molar-refractivity contribution in [3.05, 3.63) is 36.4 Å². The lowest BCUT2D eigenvalue weighted by molar-refractivity contribution is -0.135. The molecule has 4 nitrogen and oxygen atoms in total. The molecule has 0 bridgehead atoms. The molecule has 0 amide bonds. The second-order valence-corrected chi connectivity index (χ2v) is 11.6. The third kappa shape index (κ3) is 6.29. The van der Waals surface area contributed by atoms with Gasteiger partial charge in [0.25, 0.3) is 10.1 Å². The van der Waals surface area contributed by atoms with Gasteiger partial charge in [0.05, 0.1) is 5.75 Å². The van der Waals surface area contributed by atoms with E-state index in [1.54, 1.807) is 42.8 Å². The summed E-state index contributed by atoms with van der Waals surface area (Å²) in [4.78, 5) is 0.677. The van der Waals surface area contributed by atoms with E-state index in [0.29, 0.717) is 15.7 Å². The van der Waals surface area contributed by atoms with Crippen molar-refractivity contribution in [1.82, 2.24) is 0 Å². The highest BCUT2D eigenvalue weighted by Crippen LogP contribution is 2.55. The van der Waals surface area contributed by atoms with E-state index in [4.69, 9.17) is 3.63 Å². The van der Waals surface area contributed by atoms with Gasteiger partial charge in [-0.05, 0) is 42.9 Å². The van der Waals surface area contributed by atoms with Gasteiger partial charge >= 0.3 is 6.18 Å². The highest BCUT2D eigenvalue weighted by Gasteiger charge is 2.28. The summed E-state index contributed by atoms with van der Waals surface area (Å²) in [5, 5.41) is 11.3. The topological polar surface area (TPSA) is 63.6 Å². The number of phenols is 1. The maximum absolute atomic E-state index is 12.3. The Morgan fingerprint density at radius 1 is 0.963 bits per heavy atom. The Labute approximate surface area is 159 Å². The van der Waals surface area contributed by atoms with Crippen LogP contribution in [0.2, 0.25) is 0 Å². The molecule has 0 aliphatic carbocycles. The summed E-state index contributed by atoms with van der Waals surface area (Å²) >= 11 is 0. The highest BCUT2D eigenvalue weighted by molar-refractivity contribution is 8.32. The number of rotatable bonds is 8. The zero-order chi connectivity index (χ0) is 20.3. The van der Waals surface area contributed by atoms with Crippen LogP contribution in [0, 0.1) is 0 Å². The highest BCUT2D eigenvalue weighted by atomic mass is 32.3. The molecular weight excluding hydrogens is 401 g/mol. The number of aromatic hydroxyl groups is 1. The fourth-order valence-corrected chi connectivity index (χ4v) is 7.09. The van der Waals surface area contributed by atoms with Crippen LogP contribution in [-0.2, 0) is 13.7 Å². The van der Waals surface area contributed by atoms with Crippen LogP contribution >= 0.6 is 10.3 Å². The van der Waals surface area contributed by atoms with Crippen LogP contribution in [0.5, 0.6) is 5.75 Å². The van der Waals surface area contributed by atoms with Gasteiger partial charge in [0.15, 0.2) is 0 Å². The smallest absolute Gasteiger partial charge is 0.389 e. The predicted molar refractivity (Wildman–Crippen MR) is 103 cm³/mol. The van der Waals surface area contributed by atoms with Crippen molar-refractivity contribution < 1.29 is 30.3 Å². The number of alkyl halides is 3. The van der Waals surface area contributed by atoms with E-state index in [1.165, 1.54) is 6.07 Å². The number of fused-ring (bicyclic) bond motifs is 1. The second-order valence-electron chi connectivity index (χ2n) is 6.62. The van der Waals surface area contributed by atoms with Gasteiger partial charge < -0.3 is 5.11 Å². The molecule has 0 saturated carbocycles. The molecule has 152 valence electrons. The lowest BCUT2D eigenvalue weighted by Crippen LogP contribution is -2.14. The van der Waals surface area contributed by atoms with Gasteiger partial charge in [-0.1, -0.05) is 41.0 Å². The Balaban J connectivity index is 2.08. The SMILES string of the molecule is CS(C)(OS(=O)(=O)CCCCCC(F)(F)F)c1ccc(O)c2ccccc12. The Kier molecular flexibility index (Phi) is 6.70. The largest absolute Gasteiger partial charge is 0.507 e. The first kappa shape index (κ1) is 21.8. The number of benzene rings is 2. The van der Waals surface area contributed by atoms with Gasteiger partial charge in [0, 0.05) is 16.7 Å². The van der Waals surface area contributed by atoms with E-state index < -0.39 is 33.0 Å². The van der Waals surface area contributed by atoms with Crippen LogP contribution in [0.15, 0.2) is 41.3 Å². The monoisotopic (exact) mass is 424 g/mol. The molecule has 1 N–H and O–H groups in total. The molecule has 0 unspecified atom stereocenters. The molecule has 0 radical (unpaired) electrons. The Morgan fingerprint density at radius 3 is 2.22 bits per heavy atom. The number of unbranched alkanes of at least 4 members (excludes halogenated alkanes) is 2. The number of phenolic OH excluding ortho intramolecular Hbond substituents is 1. The Bertz CT molecular complexity index is 893. The van der Waals surface area contributed by atoms with Crippen molar-refractivity contribution in [3.63, 3.8) is 0 Å². The van der Waals surface area contributed by atoms with Gasteiger partial charge in [-0.15, -0.1) is 0 Å². The summed E-state index contributed by atoms with van der Waals surface area (Å²) in [5.41, 5.74) is 0. The molecule has 0 saturated heterocycles. The molecule has 0 aromatic heterocycles. The van der Waals surface area contributed by atoms with Crippen molar-refractivity contribution in [2.75, 3.05) is 18.3 Å². The van der Waals surface area contributed by atoms with E-state index in [0.717, 1.165) is 0 Å². The summed E-state index contributed by atoms with van der Waals surface area (Å²) in [6, 6.07) is 10.2. The predicted octanol–water partition coefficient (Wildman–Crippen LogP) is 5.35. The van der Waals surface area contributed by atoms with Crippen LogP contribution in [0.3, 0.4) is 0 Å². The third-order valence-electron chi connectivity index (χ3n) is 4.02. The fourth-order valence-electron chi connectivity index (χ4n) is 2.80. The summed E-state index contributed by atoms with van der Waals surface area (Å²) in [6.45, 7) is 0. The lowest BCUT2D eigenvalue weighted by atomic mass is 10.1. The normalized spacial score (nSPS) is 13.8. The van der Waals surface area contributed by atoms with Crippen molar-refractivity contribution in [3.8, 4) is 5.75 Å². The molecule has 0 fully saturated rings. The summed E-state index contributed by atoms with van der Waals surface area (Å²) in [5.74, 6) is -0.228. The van der Waals surface area contributed by atoms with Crippen LogP contribution in [0.4, 0.5) is 13.2 Å². The van der Waals surface area contributed by atoms with Gasteiger partial charge in [-0.25, -0.2) is 3.63 Å². The van der Waals surface area contributed by atoms with Crippen molar-refractivity contribution in [1.29, 1.82) is 0 Å². The van der Waals surface area contributed by atoms with Crippen molar-refractivity contribution in [2.24, 2.45) is 0 Å². The third-order valence-corrected chi connectivity index (χ3v) is 8.41. The minimum atomic E-state index is -4.22. The maximum Gasteiger partial charge on any atom is 0.389 e. The van der Waals surface area contributed by atoms with Crippen LogP contribution in [0.25, 0.3) is 10.8 Å². The maximum atomic E-state index is 12.3. The number of halogens is 3. The number of hydrogen-bond donors (Lipinski definition) is 1. The summed E-state index contributed by atoms with van der Waals surface area (Å²) in [6.07, 6.45) is -1.58. The zero-order valence-electron chi connectivity index (χ0n) is 15.1. The molecule has 0 spiro atoms. The molecule has 2 aromatic carbocycles. The van der Waals surface area contributed by atoms with Gasteiger partial charge in [-0.3, -0.25) is 0 Å². The summed E-state index contributed by atoms with van der Waals surface area (Å²) in [7, 11) is -6.10. The van der Waals surface area contributed by atoms with E-state index in [1.807, 2.05) is 0 Å². The van der Waals surface area contributed by atoms with E-state index in [2.05, 4.69) is 0 Å². The number of hydrogen-bond acceptors (Lipinski definition) is 4. The zero-order valence-corrected chi connectivity index (χ0v) is 16.8. The van der Waals surface area contributed by atoms with E-state index >= 15 is 0 Å². The molecule has 0 aliphatic heterocycles. The van der Waals surface area contributed by atoms with E-state index in [-0.39, 0.29) is 30.8 Å². The average Bonchev–Trinajstić information content (AvgIpc) is 2.52. The van der Waals surface area contributed by atoms with Crippen LogP contribution in [-0.4, -0.2) is 38.0 Å². The molecular formula is C18H23F3O4S2. The average molecular weight is 425 g/mol. The van der Waals surface area contributed by atoms with E-state index in [9.17, 15) is 26.7 Å². The molecule has 2 rings (SSSR count).